The molecule has 1 heterocycles. The highest BCUT2D eigenvalue weighted by Crippen LogP contribution is 2.25. The van der Waals surface area contributed by atoms with Crippen LogP contribution in [0.25, 0.3) is 0 Å². The Kier molecular flexibility index (Phi) is 4.19. The van der Waals surface area contributed by atoms with E-state index in [9.17, 15) is 10.2 Å². The molecule has 4 nitrogen and oxygen atoms in total. The smallest absolute Gasteiger partial charge is 0.0936 e. The third kappa shape index (κ3) is 2.74. The van der Waals surface area contributed by atoms with Crippen LogP contribution in [-0.4, -0.2) is 59.2 Å². The molecule has 1 aliphatic carbocycles. The standard InChI is InChI=1S/C12H23NO3/c1-9-6-13(7-10(8-14)16-9)11-4-2-3-5-12(11)15/h9-12,14-15H,2-8H2,1H3/t9?,10?,11-,12-/m0/s1. The number of nitrogens with zero attached hydrogens (tertiary/aromatic N) is 1. The second-order valence-corrected chi connectivity index (χ2v) is 5.12. The lowest BCUT2D eigenvalue weighted by Gasteiger charge is -2.43. The first-order valence-electron chi connectivity index (χ1n) is 6.39. The van der Waals surface area contributed by atoms with Gasteiger partial charge < -0.3 is 14.9 Å². The normalized spacial score (nSPS) is 42.2. The summed E-state index contributed by atoms with van der Waals surface area (Å²) in [6.45, 7) is 3.73. The van der Waals surface area contributed by atoms with E-state index < -0.39 is 0 Å². The summed E-state index contributed by atoms with van der Waals surface area (Å²) in [5.74, 6) is 0. The number of aliphatic hydroxyl groups excluding tert-OH is 2. The van der Waals surface area contributed by atoms with E-state index >= 15 is 0 Å². The van der Waals surface area contributed by atoms with Crippen molar-refractivity contribution >= 4 is 0 Å². The van der Waals surface area contributed by atoms with E-state index in [0.29, 0.717) is 0 Å². The fraction of sp³-hybridized carbons (Fsp3) is 1.00. The van der Waals surface area contributed by atoms with Crippen molar-refractivity contribution in [2.45, 2.75) is 57.0 Å². The number of hydrogen-bond donors (Lipinski definition) is 2. The zero-order chi connectivity index (χ0) is 11.5. The van der Waals surface area contributed by atoms with Gasteiger partial charge in [-0.25, -0.2) is 0 Å². The maximum absolute atomic E-state index is 10.0. The monoisotopic (exact) mass is 229 g/mol. The summed E-state index contributed by atoms with van der Waals surface area (Å²) in [6, 6.07) is 0.272. The van der Waals surface area contributed by atoms with Gasteiger partial charge >= 0.3 is 0 Å². The molecule has 1 saturated carbocycles. The summed E-state index contributed by atoms with van der Waals surface area (Å²) >= 11 is 0. The van der Waals surface area contributed by atoms with Crippen LogP contribution in [-0.2, 0) is 4.74 Å². The second kappa shape index (κ2) is 5.45. The van der Waals surface area contributed by atoms with Gasteiger partial charge in [0.15, 0.2) is 0 Å². The van der Waals surface area contributed by atoms with Crippen LogP contribution < -0.4 is 0 Å². The average molecular weight is 229 g/mol. The van der Waals surface area contributed by atoms with Gasteiger partial charge in [-0.05, 0) is 19.8 Å². The third-order valence-electron chi connectivity index (χ3n) is 3.72. The molecular formula is C12H23NO3. The van der Waals surface area contributed by atoms with Gasteiger partial charge in [-0.3, -0.25) is 4.90 Å². The van der Waals surface area contributed by atoms with Crippen LogP contribution >= 0.6 is 0 Å². The molecule has 0 aromatic heterocycles. The van der Waals surface area contributed by atoms with Crippen LogP contribution in [0.1, 0.15) is 32.6 Å². The molecule has 0 radical (unpaired) electrons. The number of hydrogen-bond acceptors (Lipinski definition) is 4. The fourth-order valence-electron chi connectivity index (χ4n) is 2.97. The fourth-order valence-corrected chi connectivity index (χ4v) is 2.97. The Morgan fingerprint density at radius 1 is 1.25 bits per heavy atom. The second-order valence-electron chi connectivity index (χ2n) is 5.12. The minimum absolute atomic E-state index is 0.0731. The van der Waals surface area contributed by atoms with Gasteiger partial charge in [0.05, 0.1) is 24.9 Å². The van der Waals surface area contributed by atoms with Gasteiger partial charge in [-0.2, -0.15) is 0 Å². The minimum atomic E-state index is -0.196. The van der Waals surface area contributed by atoms with Gasteiger partial charge in [-0.15, -0.1) is 0 Å². The van der Waals surface area contributed by atoms with E-state index in [1.54, 1.807) is 0 Å². The van der Waals surface area contributed by atoms with Crippen molar-refractivity contribution in [1.29, 1.82) is 0 Å². The summed E-state index contributed by atoms with van der Waals surface area (Å²) in [5.41, 5.74) is 0. The zero-order valence-corrected chi connectivity index (χ0v) is 10.0. The molecule has 0 bridgehead atoms. The molecular weight excluding hydrogens is 206 g/mol. The van der Waals surface area contributed by atoms with Crippen molar-refractivity contribution in [1.82, 2.24) is 4.90 Å². The van der Waals surface area contributed by atoms with Crippen LogP contribution in [0.15, 0.2) is 0 Å². The summed E-state index contributed by atoms with van der Waals surface area (Å²) in [7, 11) is 0. The molecule has 2 aliphatic rings. The first-order valence-corrected chi connectivity index (χ1v) is 6.39. The van der Waals surface area contributed by atoms with E-state index in [0.717, 1.165) is 32.4 Å². The first kappa shape index (κ1) is 12.3. The molecule has 2 fully saturated rings. The summed E-state index contributed by atoms with van der Waals surface area (Å²) in [6.07, 6.45) is 4.21. The molecule has 2 N–H and O–H groups in total. The van der Waals surface area contributed by atoms with Crippen molar-refractivity contribution in [3.05, 3.63) is 0 Å². The van der Waals surface area contributed by atoms with Crippen LogP contribution in [0.4, 0.5) is 0 Å². The predicted octanol–water partition coefficient (Wildman–Crippen LogP) is 0.371. The average Bonchev–Trinajstić information content (AvgIpc) is 2.28. The molecule has 2 rings (SSSR count). The molecule has 0 amide bonds. The van der Waals surface area contributed by atoms with E-state index in [1.165, 1.54) is 6.42 Å². The maximum Gasteiger partial charge on any atom is 0.0936 e. The first-order chi connectivity index (χ1) is 7.70. The molecule has 94 valence electrons. The van der Waals surface area contributed by atoms with E-state index in [1.807, 2.05) is 6.92 Å². The predicted molar refractivity (Wildman–Crippen MR) is 61.3 cm³/mol. The zero-order valence-electron chi connectivity index (χ0n) is 10.0. The van der Waals surface area contributed by atoms with Crippen molar-refractivity contribution in [3.8, 4) is 0 Å². The lowest BCUT2D eigenvalue weighted by molar-refractivity contribution is -0.121. The van der Waals surface area contributed by atoms with Crippen LogP contribution in [0.3, 0.4) is 0 Å². The van der Waals surface area contributed by atoms with Gasteiger partial charge in [-0.1, -0.05) is 12.8 Å². The summed E-state index contributed by atoms with van der Waals surface area (Å²) in [5, 5.41) is 19.2. The molecule has 1 saturated heterocycles. The quantitative estimate of drug-likeness (QED) is 0.718. The molecule has 1 aliphatic heterocycles. The van der Waals surface area contributed by atoms with Crippen molar-refractivity contribution in [2.24, 2.45) is 0 Å². The van der Waals surface area contributed by atoms with Crippen molar-refractivity contribution in [2.75, 3.05) is 19.7 Å². The summed E-state index contributed by atoms with van der Waals surface area (Å²) < 4.78 is 5.62. The molecule has 0 spiro atoms. The van der Waals surface area contributed by atoms with Crippen LogP contribution in [0, 0.1) is 0 Å². The third-order valence-corrected chi connectivity index (χ3v) is 3.72. The van der Waals surface area contributed by atoms with Crippen LogP contribution in [0.2, 0.25) is 0 Å². The number of rotatable bonds is 2. The highest BCUT2D eigenvalue weighted by atomic mass is 16.5. The van der Waals surface area contributed by atoms with E-state index in [2.05, 4.69) is 4.90 Å². The highest BCUT2D eigenvalue weighted by Gasteiger charge is 2.34. The molecule has 4 heteroatoms. The van der Waals surface area contributed by atoms with Crippen molar-refractivity contribution < 1.29 is 14.9 Å². The number of aliphatic hydroxyl groups is 2. The SMILES string of the molecule is CC1CN([C@H]2CCCC[C@@H]2O)CC(CO)O1. The van der Waals surface area contributed by atoms with E-state index in [4.69, 9.17) is 4.74 Å². The Bertz CT molecular complexity index is 224. The van der Waals surface area contributed by atoms with Gasteiger partial charge in [0.2, 0.25) is 0 Å². The van der Waals surface area contributed by atoms with Crippen molar-refractivity contribution in [3.63, 3.8) is 0 Å². The Hall–Kier alpha value is -0.160. The van der Waals surface area contributed by atoms with Gasteiger partial charge in [0, 0.05) is 19.1 Å². The molecule has 16 heavy (non-hydrogen) atoms. The van der Waals surface area contributed by atoms with Crippen LogP contribution in [0.5, 0.6) is 0 Å². The lowest BCUT2D eigenvalue weighted by atomic mass is 9.90. The summed E-state index contributed by atoms with van der Waals surface area (Å²) in [4.78, 5) is 2.30. The molecule has 2 unspecified atom stereocenters. The Labute approximate surface area is 97.2 Å². The largest absolute Gasteiger partial charge is 0.394 e. The lowest BCUT2D eigenvalue weighted by Crippen LogP contribution is -2.55. The van der Waals surface area contributed by atoms with E-state index in [-0.39, 0.29) is 31.0 Å². The Morgan fingerprint density at radius 3 is 2.69 bits per heavy atom. The Morgan fingerprint density at radius 2 is 2.00 bits per heavy atom. The molecule has 0 aromatic rings. The van der Waals surface area contributed by atoms with Gasteiger partial charge in [0.1, 0.15) is 0 Å². The van der Waals surface area contributed by atoms with Gasteiger partial charge in [0.25, 0.3) is 0 Å². The maximum atomic E-state index is 10.0. The highest BCUT2D eigenvalue weighted by molar-refractivity contribution is 4.87. The minimum Gasteiger partial charge on any atom is -0.394 e. The number of morpholine rings is 1. The Balaban J connectivity index is 1.96. The molecule has 4 atom stereocenters. The topological polar surface area (TPSA) is 52.9 Å². The molecule has 0 aromatic carbocycles. The number of ether oxygens (including phenoxy) is 1.